The topological polar surface area (TPSA) is 25.2 Å². The molecule has 0 atom stereocenters. The van der Waals surface area contributed by atoms with Crippen LogP contribution in [0.5, 0.6) is 0 Å². The van der Waals surface area contributed by atoms with Gasteiger partial charge >= 0.3 is 0 Å². The van der Waals surface area contributed by atoms with Gasteiger partial charge < -0.3 is 4.90 Å². The average Bonchev–Trinajstić information content (AvgIpc) is 2.62. The number of carbonyl (C=O) groups excluding carboxylic acids is 1. The third-order valence-corrected chi connectivity index (χ3v) is 4.70. The van der Waals surface area contributed by atoms with Crippen molar-refractivity contribution in [2.75, 3.05) is 17.7 Å². The summed E-state index contributed by atoms with van der Waals surface area (Å²) in [5.41, 5.74) is 2.16. The number of hydrogen-bond acceptors (Lipinski definition) is 2. The third-order valence-electron chi connectivity index (χ3n) is 3.03. The molecule has 0 aliphatic carbocycles. The Hall–Kier alpha value is -0.940. The van der Waals surface area contributed by atoms with Crippen molar-refractivity contribution in [1.29, 1.82) is 0 Å². The number of fused-ring (bicyclic) bond motifs is 2. The van der Waals surface area contributed by atoms with Crippen LogP contribution >= 0.6 is 27.9 Å². The van der Waals surface area contributed by atoms with Gasteiger partial charge in [0.25, 0.3) is 0 Å². The Morgan fingerprint density at radius 2 is 2.24 bits per heavy atom. The lowest BCUT2D eigenvalue weighted by atomic mass is 10.2. The fraction of sp³-hybridized carbons (Fsp3) is 0.250. The van der Waals surface area contributed by atoms with Crippen LogP contribution in [0.1, 0.15) is 6.42 Å². The maximum absolute atomic E-state index is 11.8. The van der Waals surface area contributed by atoms with Gasteiger partial charge in [0, 0.05) is 35.7 Å². The molecular weight excluding hydrogens is 300 g/mol. The first-order chi connectivity index (χ1) is 8.16. The zero-order valence-electron chi connectivity index (χ0n) is 9.31. The van der Waals surface area contributed by atoms with Crippen molar-refractivity contribution >= 4 is 50.4 Å². The molecule has 0 fully saturated rings. The summed E-state index contributed by atoms with van der Waals surface area (Å²) in [5.74, 6) is 1.04. The van der Waals surface area contributed by atoms with Crippen LogP contribution in [0, 0.1) is 0 Å². The lowest BCUT2D eigenvalue weighted by Gasteiger charge is -2.17. The summed E-state index contributed by atoms with van der Waals surface area (Å²) in [6.07, 6.45) is 2.57. The van der Waals surface area contributed by atoms with Crippen LogP contribution in [0.25, 0.3) is 10.9 Å². The first kappa shape index (κ1) is 11.2. The summed E-state index contributed by atoms with van der Waals surface area (Å²) < 4.78 is 1.93. The Balaban J connectivity index is 2.25. The zero-order valence-corrected chi connectivity index (χ0v) is 11.7. The third kappa shape index (κ3) is 1.77. The minimum atomic E-state index is 0.189. The van der Waals surface area contributed by atoms with Gasteiger partial charge in [0.1, 0.15) is 0 Å². The summed E-state index contributed by atoms with van der Waals surface area (Å²) in [7, 11) is 1.85. The minimum absolute atomic E-state index is 0.189. The maximum atomic E-state index is 11.8. The lowest BCUT2D eigenvalue weighted by molar-refractivity contribution is -0.117. The van der Waals surface area contributed by atoms with Gasteiger partial charge in [-0.2, -0.15) is 0 Å². The Kier molecular flexibility index (Phi) is 2.67. The average molecular weight is 311 g/mol. The number of rotatable bonds is 0. The first-order valence-corrected chi connectivity index (χ1v) is 7.07. The van der Waals surface area contributed by atoms with Crippen molar-refractivity contribution < 1.29 is 4.79 Å². The van der Waals surface area contributed by atoms with Gasteiger partial charge in [-0.25, -0.2) is 0 Å². The lowest BCUT2D eigenvalue weighted by Crippen LogP contribution is -2.25. The summed E-state index contributed by atoms with van der Waals surface area (Å²) in [6.45, 7) is 0. The molecule has 0 radical (unpaired) electrons. The van der Waals surface area contributed by atoms with Crippen molar-refractivity contribution in [3.05, 3.63) is 24.4 Å². The molecule has 0 unspecified atom stereocenters. The highest BCUT2D eigenvalue weighted by atomic mass is 79.9. The van der Waals surface area contributed by atoms with E-state index in [0.29, 0.717) is 6.42 Å². The molecule has 3 rings (SSSR count). The molecule has 0 N–H and O–H groups in total. The number of aromatic nitrogens is 1. The fourth-order valence-electron chi connectivity index (χ4n) is 2.05. The molecule has 1 aromatic carbocycles. The molecule has 2 heterocycles. The molecule has 1 aliphatic heterocycles. The van der Waals surface area contributed by atoms with Gasteiger partial charge in [-0.1, -0.05) is 0 Å². The van der Waals surface area contributed by atoms with Gasteiger partial charge in [-0.05, 0) is 18.2 Å². The Labute approximate surface area is 112 Å². The van der Waals surface area contributed by atoms with E-state index in [0.717, 1.165) is 22.3 Å². The smallest absolute Gasteiger partial charge is 0.227 e. The maximum Gasteiger partial charge on any atom is 0.227 e. The predicted octanol–water partition coefficient (Wildman–Crippen LogP) is 3.26. The second-order valence-electron chi connectivity index (χ2n) is 4.06. The molecule has 0 saturated carbocycles. The van der Waals surface area contributed by atoms with Crippen molar-refractivity contribution in [3.63, 3.8) is 0 Å². The van der Waals surface area contributed by atoms with Gasteiger partial charge in [-0.15, -0.1) is 11.8 Å². The SMILES string of the molecule is CN1C(=O)CCSc2cc3c(ccn3Br)cc21. The van der Waals surface area contributed by atoms with E-state index in [9.17, 15) is 4.79 Å². The number of amides is 1. The summed E-state index contributed by atoms with van der Waals surface area (Å²) in [6, 6.07) is 6.26. The van der Waals surface area contributed by atoms with Crippen LogP contribution in [-0.2, 0) is 4.79 Å². The molecule has 17 heavy (non-hydrogen) atoms. The first-order valence-electron chi connectivity index (χ1n) is 5.37. The Bertz CT molecular complexity index is 608. The molecular formula is C12H11BrN2OS. The van der Waals surface area contributed by atoms with E-state index in [2.05, 4.69) is 28.3 Å². The summed E-state index contributed by atoms with van der Waals surface area (Å²) >= 11 is 5.22. The largest absolute Gasteiger partial charge is 0.314 e. The van der Waals surface area contributed by atoms with Crippen LogP contribution in [0.3, 0.4) is 0 Å². The van der Waals surface area contributed by atoms with Crippen LogP contribution in [0.15, 0.2) is 29.3 Å². The quantitative estimate of drug-likeness (QED) is 0.746. The zero-order chi connectivity index (χ0) is 12.0. The van der Waals surface area contributed by atoms with Crippen molar-refractivity contribution in [3.8, 4) is 0 Å². The number of anilines is 1. The molecule has 1 aliphatic rings. The van der Waals surface area contributed by atoms with Crippen LogP contribution in [-0.4, -0.2) is 22.3 Å². The number of thioether (sulfide) groups is 1. The highest BCUT2D eigenvalue weighted by Gasteiger charge is 2.20. The minimum Gasteiger partial charge on any atom is -0.314 e. The molecule has 1 amide bonds. The summed E-state index contributed by atoms with van der Waals surface area (Å²) in [5, 5.41) is 1.14. The number of hydrogen-bond donors (Lipinski definition) is 0. The Morgan fingerprint density at radius 1 is 1.41 bits per heavy atom. The second kappa shape index (κ2) is 4.07. The number of nitrogens with zero attached hydrogens (tertiary/aromatic N) is 2. The van der Waals surface area contributed by atoms with Crippen molar-refractivity contribution in [1.82, 2.24) is 3.59 Å². The Morgan fingerprint density at radius 3 is 3.06 bits per heavy atom. The number of halogens is 1. The summed E-state index contributed by atoms with van der Waals surface area (Å²) in [4.78, 5) is 14.8. The number of carbonyl (C=O) groups is 1. The molecule has 3 nitrogen and oxygen atoms in total. The standard InChI is InChI=1S/C12H11BrN2OS/c1-14-10-6-8-2-4-15(13)9(8)7-11(10)17-5-3-12(14)16/h2,4,6-7H,3,5H2,1H3. The van der Waals surface area contributed by atoms with Crippen LogP contribution in [0.4, 0.5) is 5.69 Å². The van der Waals surface area contributed by atoms with Crippen molar-refractivity contribution in [2.45, 2.75) is 11.3 Å². The van der Waals surface area contributed by atoms with E-state index in [4.69, 9.17) is 0 Å². The fourth-order valence-corrected chi connectivity index (χ4v) is 3.51. The van der Waals surface area contributed by atoms with Gasteiger partial charge in [-0.3, -0.25) is 8.39 Å². The van der Waals surface area contributed by atoms with Crippen molar-refractivity contribution in [2.24, 2.45) is 0 Å². The molecule has 5 heteroatoms. The molecule has 0 spiro atoms. The highest BCUT2D eigenvalue weighted by Crippen LogP contribution is 2.37. The van der Waals surface area contributed by atoms with E-state index in [-0.39, 0.29) is 5.91 Å². The van der Waals surface area contributed by atoms with E-state index in [1.807, 2.05) is 22.9 Å². The second-order valence-corrected chi connectivity index (χ2v) is 5.96. The van der Waals surface area contributed by atoms with Gasteiger partial charge in [0.2, 0.25) is 5.91 Å². The van der Waals surface area contributed by atoms with E-state index < -0.39 is 0 Å². The van der Waals surface area contributed by atoms with Crippen LogP contribution < -0.4 is 4.90 Å². The monoisotopic (exact) mass is 310 g/mol. The number of benzene rings is 1. The van der Waals surface area contributed by atoms with Crippen LogP contribution in [0.2, 0.25) is 0 Å². The molecule has 0 saturated heterocycles. The molecule has 2 aromatic rings. The predicted molar refractivity (Wildman–Crippen MR) is 75.0 cm³/mol. The normalized spacial score (nSPS) is 16.1. The molecule has 0 bridgehead atoms. The van der Waals surface area contributed by atoms with Gasteiger partial charge in [0.15, 0.2) is 0 Å². The van der Waals surface area contributed by atoms with E-state index >= 15 is 0 Å². The molecule has 88 valence electrons. The highest BCUT2D eigenvalue weighted by molar-refractivity contribution is 9.08. The van der Waals surface area contributed by atoms with E-state index in [1.165, 1.54) is 4.90 Å². The molecule has 1 aromatic heterocycles. The van der Waals surface area contributed by atoms with Gasteiger partial charge in [0.05, 0.1) is 27.4 Å². The van der Waals surface area contributed by atoms with E-state index in [1.54, 1.807) is 16.7 Å².